The molecule has 0 unspecified atom stereocenters. The average Bonchev–Trinajstić information content (AvgIpc) is 2.62. The van der Waals surface area contributed by atoms with Crippen LogP contribution in [0.5, 0.6) is 0 Å². The van der Waals surface area contributed by atoms with Crippen molar-refractivity contribution in [1.82, 2.24) is 15.0 Å². The van der Waals surface area contributed by atoms with E-state index in [0.29, 0.717) is 23.5 Å². The van der Waals surface area contributed by atoms with Gasteiger partial charge < -0.3 is 16.0 Å². The van der Waals surface area contributed by atoms with Crippen molar-refractivity contribution in [3.63, 3.8) is 0 Å². The summed E-state index contributed by atoms with van der Waals surface area (Å²) in [5.74, 6) is 1.38. The van der Waals surface area contributed by atoms with E-state index in [-0.39, 0.29) is 5.69 Å². The van der Waals surface area contributed by atoms with E-state index in [1.165, 1.54) is 12.1 Å². The first-order valence-corrected chi connectivity index (χ1v) is 8.87. The summed E-state index contributed by atoms with van der Waals surface area (Å²) >= 11 is 0. The second-order valence-electron chi connectivity index (χ2n) is 5.80. The molecule has 140 valence electrons. The number of nitro benzene ring substituents is 1. The number of aromatic nitrogens is 3. The fraction of sp³-hybridized carbons (Fsp3) is 0.471. The van der Waals surface area contributed by atoms with Crippen molar-refractivity contribution in [2.75, 3.05) is 29.0 Å². The molecule has 0 radical (unpaired) electrons. The van der Waals surface area contributed by atoms with Gasteiger partial charge in [0.2, 0.25) is 17.8 Å². The highest BCUT2D eigenvalue weighted by Gasteiger charge is 2.08. The lowest BCUT2D eigenvalue weighted by Gasteiger charge is -2.11. The summed E-state index contributed by atoms with van der Waals surface area (Å²) in [5.41, 5.74) is 0.704. The molecule has 1 heterocycles. The first-order valence-electron chi connectivity index (χ1n) is 8.87. The Morgan fingerprint density at radius 3 is 1.85 bits per heavy atom. The lowest BCUT2D eigenvalue weighted by molar-refractivity contribution is -0.384. The minimum Gasteiger partial charge on any atom is -0.354 e. The number of hydrogen-bond acceptors (Lipinski definition) is 8. The van der Waals surface area contributed by atoms with E-state index in [4.69, 9.17) is 0 Å². The summed E-state index contributed by atoms with van der Waals surface area (Å²) < 4.78 is 0. The minimum absolute atomic E-state index is 0.0371. The Balaban J connectivity index is 2.14. The third kappa shape index (κ3) is 6.15. The van der Waals surface area contributed by atoms with E-state index in [2.05, 4.69) is 44.7 Å². The summed E-state index contributed by atoms with van der Waals surface area (Å²) in [4.78, 5) is 23.4. The molecule has 2 aromatic rings. The van der Waals surface area contributed by atoms with Crippen LogP contribution in [-0.2, 0) is 0 Å². The van der Waals surface area contributed by atoms with Gasteiger partial charge >= 0.3 is 0 Å². The summed E-state index contributed by atoms with van der Waals surface area (Å²) in [6, 6.07) is 6.11. The van der Waals surface area contributed by atoms with Crippen LogP contribution in [0.25, 0.3) is 0 Å². The van der Waals surface area contributed by atoms with Crippen LogP contribution in [0.4, 0.5) is 29.2 Å². The molecule has 0 saturated carbocycles. The molecule has 0 spiro atoms. The van der Waals surface area contributed by atoms with Gasteiger partial charge in [-0.25, -0.2) is 0 Å². The van der Waals surface area contributed by atoms with Crippen molar-refractivity contribution in [2.24, 2.45) is 0 Å². The molecule has 0 aliphatic carbocycles. The molecule has 0 aliphatic heterocycles. The molecule has 0 atom stereocenters. The van der Waals surface area contributed by atoms with Crippen LogP contribution in [-0.4, -0.2) is 33.0 Å². The zero-order valence-electron chi connectivity index (χ0n) is 15.2. The molecule has 9 heteroatoms. The number of unbranched alkanes of at least 4 members (excludes halogenated alkanes) is 2. The van der Waals surface area contributed by atoms with Gasteiger partial charge in [-0.15, -0.1) is 0 Å². The van der Waals surface area contributed by atoms with Crippen molar-refractivity contribution in [1.29, 1.82) is 0 Å². The Bertz CT molecular complexity index is 679. The molecular formula is C17H25N7O2. The highest BCUT2D eigenvalue weighted by molar-refractivity contribution is 5.57. The molecular weight excluding hydrogens is 334 g/mol. The van der Waals surface area contributed by atoms with Crippen LogP contribution in [0.15, 0.2) is 24.3 Å². The van der Waals surface area contributed by atoms with Gasteiger partial charge in [0.05, 0.1) is 4.92 Å². The third-order valence-corrected chi connectivity index (χ3v) is 3.60. The number of non-ortho nitro benzene ring substituents is 1. The lowest BCUT2D eigenvalue weighted by Crippen LogP contribution is -2.12. The van der Waals surface area contributed by atoms with Gasteiger partial charge in [-0.3, -0.25) is 10.1 Å². The fourth-order valence-corrected chi connectivity index (χ4v) is 2.14. The van der Waals surface area contributed by atoms with E-state index in [1.807, 2.05) is 0 Å². The van der Waals surface area contributed by atoms with E-state index in [1.54, 1.807) is 12.1 Å². The normalized spacial score (nSPS) is 10.4. The molecule has 0 aliphatic rings. The molecule has 2 rings (SSSR count). The molecule has 3 N–H and O–H groups in total. The summed E-state index contributed by atoms with van der Waals surface area (Å²) in [6.07, 6.45) is 4.20. The fourth-order valence-electron chi connectivity index (χ4n) is 2.14. The van der Waals surface area contributed by atoms with Gasteiger partial charge in [-0.05, 0) is 25.0 Å². The van der Waals surface area contributed by atoms with Crippen molar-refractivity contribution in [2.45, 2.75) is 39.5 Å². The number of anilines is 4. The van der Waals surface area contributed by atoms with Gasteiger partial charge in [0.25, 0.3) is 5.69 Å². The maximum absolute atomic E-state index is 10.7. The van der Waals surface area contributed by atoms with Gasteiger partial charge in [-0.1, -0.05) is 26.7 Å². The molecule has 1 aromatic heterocycles. The Morgan fingerprint density at radius 2 is 1.38 bits per heavy atom. The number of nitro groups is 1. The summed E-state index contributed by atoms with van der Waals surface area (Å²) in [6.45, 7) is 5.81. The Hall–Kier alpha value is -2.97. The van der Waals surface area contributed by atoms with E-state index >= 15 is 0 Å². The van der Waals surface area contributed by atoms with Gasteiger partial charge in [-0.2, -0.15) is 15.0 Å². The number of benzene rings is 1. The SMILES string of the molecule is CCCCNc1nc(NCCCC)nc(Nc2ccc([N+](=O)[O-])cc2)n1. The summed E-state index contributed by atoms with van der Waals surface area (Å²) in [7, 11) is 0. The van der Waals surface area contributed by atoms with Crippen molar-refractivity contribution >= 4 is 29.2 Å². The van der Waals surface area contributed by atoms with Gasteiger partial charge in [0, 0.05) is 30.9 Å². The molecule has 0 bridgehead atoms. The van der Waals surface area contributed by atoms with Crippen LogP contribution in [0.3, 0.4) is 0 Å². The van der Waals surface area contributed by atoms with Crippen molar-refractivity contribution < 1.29 is 4.92 Å². The molecule has 26 heavy (non-hydrogen) atoms. The van der Waals surface area contributed by atoms with Crippen LogP contribution < -0.4 is 16.0 Å². The highest BCUT2D eigenvalue weighted by atomic mass is 16.6. The minimum atomic E-state index is -0.432. The van der Waals surface area contributed by atoms with Crippen LogP contribution >= 0.6 is 0 Å². The predicted molar refractivity (Wildman–Crippen MR) is 103 cm³/mol. The lowest BCUT2D eigenvalue weighted by atomic mass is 10.3. The Kier molecular flexibility index (Phi) is 7.53. The number of nitrogens with one attached hydrogen (secondary N) is 3. The number of rotatable bonds is 11. The van der Waals surface area contributed by atoms with Crippen LogP contribution in [0.1, 0.15) is 39.5 Å². The maximum atomic E-state index is 10.7. The largest absolute Gasteiger partial charge is 0.354 e. The maximum Gasteiger partial charge on any atom is 0.269 e. The van der Waals surface area contributed by atoms with E-state index in [9.17, 15) is 10.1 Å². The molecule has 0 fully saturated rings. The topological polar surface area (TPSA) is 118 Å². The Morgan fingerprint density at radius 1 is 0.885 bits per heavy atom. The third-order valence-electron chi connectivity index (χ3n) is 3.60. The standard InChI is InChI=1S/C17H25N7O2/c1-3-5-11-18-15-21-16(19-12-6-4-2)23-17(22-15)20-13-7-9-14(10-8-13)24(25)26/h7-10H,3-6,11-12H2,1-2H3,(H3,18,19,20,21,22,23). The molecule has 0 amide bonds. The van der Waals surface area contributed by atoms with Crippen molar-refractivity contribution in [3.05, 3.63) is 34.4 Å². The van der Waals surface area contributed by atoms with E-state index < -0.39 is 4.92 Å². The molecule has 9 nitrogen and oxygen atoms in total. The van der Waals surface area contributed by atoms with Crippen LogP contribution in [0.2, 0.25) is 0 Å². The van der Waals surface area contributed by atoms with Gasteiger partial charge in [0.15, 0.2) is 0 Å². The van der Waals surface area contributed by atoms with Gasteiger partial charge in [0.1, 0.15) is 0 Å². The number of nitrogens with zero attached hydrogens (tertiary/aromatic N) is 4. The highest BCUT2D eigenvalue weighted by Crippen LogP contribution is 2.19. The smallest absolute Gasteiger partial charge is 0.269 e. The second-order valence-corrected chi connectivity index (χ2v) is 5.80. The second kappa shape index (κ2) is 10.1. The molecule has 1 aromatic carbocycles. The molecule has 0 saturated heterocycles. The first-order chi connectivity index (χ1) is 12.6. The van der Waals surface area contributed by atoms with Crippen molar-refractivity contribution in [3.8, 4) is 0 Å². The monoisotopic (exact) mass is 359 g/mol. The first kappa shape index (κ1) is 19.4. The van der Waals surface area contributed by atoms with Crippen LogP contribution in [0, 0.1) is 10.1 Å². The quantitative estimate of drug-likeness (QED) is 0.313. The average molecular weight is 359 g/mol. The zero-order valence-corrected chi connectivity index (χ0v) is 15.2. The van der Waals surface area contributed by atoms with E-state index in [0.717, 1.165) is 38.8 Å². The Labute approximate surface area is 152 Å². The summed E-state index contributed by atoms with van der Waals surface area (Å²) in [5, 5.41) is 20.2. The predicted octanol–water partition coefficient (Wildman–Crippen LogP) is 3.95. The zero-order chi connectivity index (χ0) is 18.8. The number of hydrogen-bond donors (Lipinski definition) is 3.